The first-order valence-corrected chi connectivity index (χ1v) is 6.92. The summed E-state index contributed by atoms with van der Waals surface area (Å²) >= 11 is 3.45. The van der Waals surface area contributed by atoms with Crippen LogP contribution in [0.2, 0.25) is 0 Å². The lowest BCUT2D eigenvalue weighted by Gasteiger charge is -2.32. The Bertz CT molecular complexity index is 384. The van der Waals surface area contributed by atoms with E-state index in [-0.39, 0.29) is 6.61 Å². The molecule has 1 aromatic rings. The molecule has 2 rings (SSSR count). The predicted octanol–water partition coefficient (Wildman–Crippen LogP) is 2.99. The highest BCUT2D eigenvalue weighted by molar-refractivity contribution is 9.10. The number of anilines is 2. The van der Waals surface area contributed by atoms with Crippen molar-refractivity contribution in [3.8, 4) is 0 Å². The molecule has 94 valence electrons. The number of rotatable bonds is 3. The van der Waals surface area contributed by atoms with Crippen molar-refractivity contribution in [1.82, 2.24) is 0 Å². The van der Waals surface area contributed by atoms with E-state index in [9.17, 15) is 5.11 Å². The van der Waals surface area contributed by atoms with Crippen LogP contribution in [0.4, 0.5) is 11.4 Å². The molecule has 0 saturated heterocycles. The van der Waals surface area contributed by atoms with Gasteiger partial charge in [0.2, 0.25) is 0 Å². The van der Waals surface area contributed by atoms with Gasteiger partial charge in [-0.1, -0.05) is 28.8 Å². The summed E-state index contributed by atoms with van der Waals surface area (Å²) in [5, 5.41) is 12.9. The quantitative estimate of drug-likeness (QED) is 0.752. The van der Waals surface area contributed by atoms with Crippen molar-refractivity contribution >= 4 is 27.3 Å². The van der Waals surface area contributed by atoms with E-state index in [0.29, 0.717) is 12.0 Å². The zero-order valence-corrected chi connectivity index (χ0v) is 11.4. The molecule has 4 N–H and O–H groups in total. The standard InChI is InChI=1S/C13H19BrN2O/c14-10-5-6-11(15)13(7-10)16-12-4-2-1-3-9(12)8-17/h5-7,9,12,16-17H,1-4,8,15H2. The number of aliphatic hydroxyl groups is 1. The molecule has 0 heterocycles. The zero-order chi connectivity index (χ0) is 12.3. The van der Waals surface area contributed by atoms with Gasteiger partial charge in [0.25, 0.3) is 0 Å². The lowest BCUT2D eigenvalue weighted by Crippen LogP contribution is -2.34. The lowest BCUT2D eigenvalue weighted by atomic mass is 9.85. The molecule has 1 aromatic carbocycles. The summed E-state index contributed by atoms with van der Waals surface area (Å²) in [6.07, 6.45) is 4.65. The number of nitrogens with one attached hydrogen (secondary N) is 1. The number of hydrogen-bond acceptors (Lipinski definition) is 3. The van der Waals surface area contributed by atoms with E-state index in [1.807, 2.05) is 18.2 Å². The van der Waals surface area contributed by atoms with Crippen LogP contribution in [0.5, 0.6) is 0 Å². The van der Waals surface area contributed by atoms with Gasteiger partial charge >= 0.3 is 0 Å². The van der Waals surface area contributed by atoms with Crippen LogP contribution in [-0.4, -0.2) is 17.8 Å². The van der Waals surface area contributed by atoms with Gasteiger partial charge in [-0.25, -0.2) is 0 Å². The molecule has 3 nitrogen and oxygen atoms in total. The molecule has 1 aliphatic carbocycles. The summed E-state index contributed by atoms with van der Waals surface area (Å²) in [5.74, 6) is 0.349. The maximum atomic E-state index is 9.38. The van der Waals surface area contributed by atoms with E-state index >= 15 is 0 Å². The summed E-state index contributed by atoms with van der Waals surface area (Å²) in [5.41, 5.74) is 7.67. The molecule has 17 heavy (non-hydrogen) atoms. The van der Waals surface area contributed by atoms with Crippen LogP contribution in [-0.2, 0) is 0 Å². The Balaban J connectivity index is 2.10. The maximum absolute atomic E-state index is 9.38. The molecular formula is C13H19BrN2O. The Morgan fingerprint density at radius 1 is 1.35 bits per heavy atom. The highest BCUT2D eigenvalue weighted by Crippen LogP contribution is 2.30. The van der Waals surface area contributed by atoms with Crippen LogP contribution in [0, 0.1) is 5.92 Å². The second-order valence-corrected chi connectivity index (χ2v) is 5.63. The van der Waals surface area contributed by atoms with Gasteiger partial charge in [-0.15, -0.1) is 0 Å². The first kappa shape index (κ1) is 12.7. The summed E-state index contributed by atoms with van der Waals surface area (Å²) in [4.78, 5) is 0. The van der Waals surface area contributed by atoms with Crippen molar-refractivity contribution in [2.75, 3.05) is 17.7 Å². The van der Waals surface area contributed by atoms with Gasteiger partial charge in [-0.05, 0) is 31.0 Å². The minimum absolute atomic E-state index is 0.256. The van der Waals surface area contributed by atoms with Crippen LogP contribution in [0.15, 0.2) is 22.7 Å². The second-order valence-electron chi connectivity index (χ2n) is 4.71. The normalized spacial score (nSPS) is 24.6. The van der Waals surface area contributed by atoms with Gasteiger partial charge < -0.3 is 16.2 Å². The Morgan fingerprint density at radius 3 is 2.88 bits per heavy atom. The number of benzene rings is 1. The van der Waals surface area contributed by atoms with Gasteiger partial charge in [0, 0.05) is 23.0 Å². The minimum Gasteiger partial charge on any atom is -0.397 e. The maximum Gasteiger partial charge on any atom is 0.0587 e. The Kier molecular flexibility index (Phi) is 4.29. The second kappa shape index (κ2) is 5.74. The molecule has 0 aliphatic heterocycles. The van der Waals surface area contributed by atoms with Crippen LogP contribution in [0.3, 0.4) is 0 Å². The molecular weight excluding hydrogens is 280 g/mol. The Labute approximate surface area is 111 Å². The highest BCUT2D eigenvalue weighted by Gasteiger charge is 2.24. The van der Waals surface area contributed by atoms with Crippen LogP contribution in [0.1, 0.15) is 25.7 Å². The van der Waals surface area contributed by atoms with E-state index in [4.69, 9.17) is 5.73 Å². The van der Waals surface area contributed by atoms with Crippen LogP contribution in [0.25, 0.3) is 0 Å². The van der Waals surface area contributed by atoms with E-state index in [2.05, 4.69) is 21.2 Å². The third-order valence-corrected chi connectivity index (χ3v) is 3.99. The van der Waals surface area contributed by atoms with Gasteiger partial charge in [0.1, 0.15) is 0 Å². The number of nitrogen functional groups attached to an aromatic ring is 1. The van der Waals surface area contributed by atoms with Crippen molar-refractivity contribution in [2.45, 2.75) is 31.7 Å². The Morgan fingerprint density at radius 2 is 2.12 bits per heavy atom. The van der Waals surface area contributed by atoms with Crippen molar-refractivity contribution < 1.29 is 5.11 Å². The van der Waals surface area contributed by atoms with Gasteiger partial charge in [-0.3, -0.25) is 0 Å². The zero-order valence-electron chi connectivity index (χ0n) is 9.82. The van der Waals surface area contributed by atoms with Crippen molar-refractivity contribution in [1.29, 1.82) is 0 Å². The molecule has 2 unspecified atom stereocenters. The van der Waals surface area contributed by atoms with E-state index in [1.165, 1.54) is 12.8 Å². The van der Waals surface area contributed by atoms with Crippen molar-refractivity contribution in [3.63, 3.8) is 0 Å². The first-order valence-electron chi connectivity index (χ1n) is 6.13. The summed E-state index contributed by atoms with van der Waals surface area (Å²) in [6, 6.07) is 6.16. The van der Waals surface area contributed by atoms with Gasteiger partial charge in [-0.2, -0.15) is 0 Å². The third-order valence-electron chi connectivity index (χ3n) is 3.50. The van der Waals surface area contributed by atoms with Gasteiger partial charge in [0.05, 0.1) is 11.4 Å². The average molecular weight is 299 g/mol. The summed E-state index contributed by atoms with van der Waals surface area (Å²) in [7, 11) is 0. The summed E-state index contributed by atoms with van der Waals surface area (Å²) in [6.45, 7) is 0.256. The monoisotopic (exact) mass is 298 g/mol. The SMILES string of the molecule is Nc1ccc(Br)cc1NC1CCCCC1CO. The van der Waals surface area contributed by atoms with E-state index < -0.39 is 0 Å². The molecule has 1 saturated carbocycles. The molecule has 1 fully saturated rings. The number of halogens is 1. The third kappa shape index (κ3) is 3.13. The molecule has 0 spiro atoms. The molecule has 0 aromatic heterocycles. The van der Waals surface area contributed by atoms with Crippen molar-refractivity contribution in [3.05, 3.63) is 22.7 Å². The lowest BCUT2D eigenvalue weighted by molar-refractivity contribution is 0.178. The smallest absolute Gasteiger partial charge is 0.0587 e. The van der Waals surface area contributed by atoms with E-state index in [0.717, 1.165) is 28.7 Å². The van der Waals surface area contributed by atoms with Crippen LogP contribution >= 0.6 is 15.9 Å². The van der Waals surface area contributed by atoms with E-state index in [1.54, 1.807) is 0 Å². The fourth-order valence-electron chi connectivity index (χ4n) is 2.47. The molecule has 0 radical (unpaired) electrons. The minimum atomic E-state index is 0.256. The number of aliphatic hydroxyl groups excluding tert-OH is 1. The molecule has 1 aliphatic rings. The molecule has 2 atom stereocenters. The number of nitrogens with two attached hydrogens (primary N) is 1. The fourth-order valence-corrected chi connectivity index (χ4v) is 2.83. The van der Waals surface area contributed by atoms with Gasteiger partial charge in [0.15, 0.2) is 0 Å². The average Bonchev–Trinajstić information content (AvgIpc) is 2.34. The van der Waals surface area contributed by atoms with Crippen molar-refractivity contribution in [2.24, 2.45) is 5.92 Å². The molecule has 0 bridgehead atoms. The molecule has 0 amide bonds. The number of hydrogen-bond donors (Lipinski definition) is 3. The topological polar surface area (TPSA) is 58.3 Å². The molecule has 4 heteroatoms. The highest BCUT2D eigenvalue weighted by atomic mass is 79.9. The summed E-state index contributed by atoms with van der Waals surface area (Å²) < 4.78 is 1.02. The fraction of sp³-hybridized carbons (Fsp3) is 0.538. The largest absolute Gasteiger partial charge is 0.397 e. The Hall–Kier alpha value is -0.740. The predicted molar refractivity (Wildman–Crippen MR) is 75.0 cm³/mol. The van der Waals surface area contributed by atoms with Crippen LogP contribution < -0.4 is 11.1 Å². The first-order chi connectivity index (χ1) is 8.20.